The SMILES string of the molecule is CCNc1ncccc1Cn1cnccc1=O. The van der Waals surface area contributed by atoms with Gasteiger partial charge < -0.3 is 5.32 Å². The predicted molar refractivity (Wildman–Crippen MR) is 66.0 cm³/mol. The molecule has 5 nitrogen and oxygen atoms in total. The number of hydrogen-bond donors (Lipinski definition) is 1. The van der Waals surface area contributed by atoms with Crippen LogP contribution in [0.1, 0.15) is 12.5 Å². The first-order chi connectivity index (χ1) is 8.31. The molecule has 0 aliphatic rings. The van der Waals surface area contributed by atoms with Gasteiger partial charge in [0.05, 0.1) is 12.9 Å². The van der Waals surface area contributed by atoms with Gasteiger partial charge in [0.25, 0.3) is 5.56 Å². The second-order valence-electron chi connectivity index (χ2n) is 3.59. The zero-order chi connectivity index (χ0) is 12.1. The maximum Gasteiger partial charge on any atom is 0.253 e. The number of anilines is 1. The van der Waals surface area contributed by atoms with Crippen molar-refractivity contribution in [2.24, 2.45) is 0 Å². The van der Waals surface area contributed by atoms with E-state index < -0.39 is 0 Å². The molecule has 0 atom stereocenters. The van der Waals surface area contributed by atoms with E-state index in [-0.39, 0.29) is 5.56 Å². The van der Waals surface area contributed by atoms with Gasteiger partial charge in [-0.25, -0.2) is 9.97 Å². The summed E-state index contributed by atoms with van der Waals surface area (Å²) in [5.41, 5.74) is 0.913. The molecule has 0 aliphatic carbocycles. The lowest BCUT2D eigenvalue weighted by Gasteiger charge is -2.10. The summed E-state index contributed by atoms with van der Waals surface area (Å²) >= 11 is 0. The van der Waals surface area contributed by atoms with Gasteiger partial charge in [0, 0.05) is 30.6 Å². The summed E-state index contributed by atoms with van der Waals surface area (Å²) < 4.78 is 1.55. The molecule has 0 saturated carbocycles. The summed E-state index contributed by atoms with van der Waals surface area (Å²) in [4.78, 5) is 19.8. The van der Waals surface area contributed by atoms with Gasteiger partial charge in [0.1, 0.15) is 5.82 Å². The second kappa shape index (κ2) is 5.25. The Labute approximate surface area is 99.2 Å². The minimum absolute atomic E-state index is 0.0636. The molecule has 88 valence electrons. The van der Waals surface area contributed by atoms with Crippen LogP contribution < -0.4 is 10.9 Å². The molecule has 2 aromatic rings. The Bertz CT molecular complexity index is 550. The van der Waals surface area contributed by atoms with Crippen LogP contribution in [0, 0.1) is 0 Å². The third kappa shape index (κ3) is 2.69. The van der Waals surface area contributed by atoms with Crippen molar-refractivity contribution >= 4 is 5.82 Å². The fourth-order valence-electron chi connectivity index (χ4n) is 1.57. The Balaban J connectivity index is 2.30. The molecule has 0 fully saturated rings. The van der Waals surface area contributed by atoms with Gasteiger partial charge in [-0.3, -0.25) is 9.36 Å². The highest BCUT2D eigenvalue weighted by molar-refractivity contribution is 5.43. The molecular weight excluding hydrogens is 216 g/mol. The number of aromatic nitrogens is 3. The lowest BCUT2D eigenvalue weighted by molar-refractivity contribution is 0.734. The lowest BCUT2D eigenvalue weighted by atomic mass is 10.2. The highest BCUT2D eigenvalue weighted by Gasteiger charge is 2.03. The second-order valence-corrected chi connectivity index (χ2v) is 3.59. The molecule has 2 rings (SSSR count). The van der Waals surface area contributed by atoms with Crippen molar-refractivity contribution in [1.82, 2.24) is 14.5 Å². The quantitative estimate of drug-likeness (QED) is 0.855. The third-order valence-electron chi connectivity index (χ3n) is 2.37. The van der Waals surface area contributed by atoms with E-state index in [1.54, 1.807) is 10.8 Å². The molecule has 17 heavy (non-hydrogen) atoms. The highest BCUT2D eigenvalue weighted by atomic mass is 16.1. The number of rotatable bonds is 4. The van der Waals surface area contributed by atoms with E-state index in [0.29, 0.717) is 6.54 Å². The Hall–Kier alpha value is -2.17. The number of hydrogen-bond acceptors (Lipinski definition) is 4. The van der Waals surface area contributed by atoms with Crippen molar-refractivity contribution in [2.75, 3.05) is 11.9 Å². The van der Waals surface area contributed by atoms with Crippen molar-refractivity contribution in [3.05, 3.63) is 52.8 Å². The Morgan fingerprint density at radius 3 is 3.00 bits per heavy atom. The Morgan fingerprint density at radius 1 is 1.35 bits per heavy atom. The molecule has 0 amide bonds. The smallest absolute Gasteiger partial charge is 0.253 e. The van der Waals surface area contributed by atoms with Crippen LogP contribution in [-0.4, -0.2) is 21.1 Å². The van der Waals surface area contributed by atoms with Crippen LogP contribution in [0.3, 0.4) is 0 Å². The van der Waals surface area contributed by atoms with Crippen LogP contribution >= 0.6 is 0 Å². The topological polar surface area (TPSA) is 59.8 Å². The normalized spacial score (nSPS) is 10.2. The Morgan fingerprint density at radius 2 is 2.24 bits per heavy atom. The number of nitrogens with zero attached hydrogens (tertiary/aromatic N) is 3. The summed E-state index contributed by atoms with van der Waals surface area (Å²) in [6, 6.07) is 5.26. The highest BCUT2D eigenvalue weighted by Crippen LogP contribution is 2.11. The van der Waals surface area contributed by atoms with E-state index >= 15 is 0 Å². The predicted octanol–water partition coefficient (Wildman–Crippen LogP) is 1.12. The molecule has 0 aliphatic heterocycles. The Kier molecular flexibility index (Phi) is 3.49. The van der Waals surface area contributed by atoms with Gasteiger partial charge >= 0.3 is 0 Å². The molecule has 0 unspecified atom stereocenters. The molecule has 0 spiro atoms. The lowest BCUT2D eigenvalue weighted by Crippen LogP contribution is -2.20. The minimum atomic E-state index is -0.0636. The summed E-state index contributed by atoms with van der Waals surface area (Å²) in [5.74, 6) is 0.811. The molecule has 2 aromatic heterocycles. The van der Waals surface area contributed by atoms with E-state index in [4.69, 9.17) is 0 Å². The monoisotopic (exact) mass is 230 g/mol. The minimum Gasteiger partial charge on any atom is -0.370 e. The van der Waals surface area contributed by atoms with E-state index in [1.165, 1.54) is 18.6 Å². The standard InChI is InChI=1S/C12H14N4O/c1-2-14-12-10(4-3-6-15-12)8-16-9-13-7-5-11(16)17/h3-7,9H,2,8H2,1H3,(H,14,15). The largest absolute Gasteiger partial charge is 0.370 e. The van der Waals surface area contributed by atoms with Crippen LogP contribution in [0.15, 0.2) is 41.7 Å². The van der Waals surface area contributed by atoms with Gasteiger partial charge in [-0.05, 0) is 13.0 Å². The molecule has 0 radical (unpaired) electrons. The first kappa shape index (κ1) is 11.3. The zero-order valence-electron chi connectivity index (χ0n) is 9.63. The molecule has 1 N–H and O–H groups in total. The summed E-state index contributed by atoms with van der Waals surface area (Å²) in [7, 11) is 0. The zero-order valence-corrected chi connectivity index (χ0v) is 9.63. The number of nitrogens with one attached hydrogen (secondary N) is 1. The van der Waals surface area contributed by atoms with Gasteiger partial charge in [-0.15, -0.1) is 0 Å². The maximum absolute atomic E-state index is 11.6. The first-order valence-corrected chi connectivity index (χ1v) is 5.49. The van der Waals surface area contributed by atoms with Crippen LogP contribution in [-0.2, 0) is 6.54 Å². The molecule has 0 bridgehead atoms. The molecule has 0 saturated heterocycles. The molecule has 2 heterocycles. The summed E-state index contributed by atoms with van der Waals surface area (Å²) in [5, 5.41) is 3.17. The fourth-order valence-corrected chi connectivity index (χ4v) is 1.57. The van der Waals surface area contributed by atoms with Crippen molar-refractivity contribution in [2.45, 2.75) is 13.5 Å². The summed E-state index contributed by atoms with van der Waals surface area (Å²) in [6.45, 7) is 3.28. The van der Waals surface area contributed by atoms with E-state index in [1.807, 2.05) is 19.1 Å². The van der Waals surface area contributed by atoms with Crippen LogP contribution in [0.2, 0.25) is 0 Å². The molecule has 0 aromatic carbocycles. The van der Waals surface area contributed by atoms with Crippen molar-refractivity contribution in [1.29, 1.82) is 0 Å². The van der Waals surface area contributed by atoms with Gasteiger partial charge in [0.2, 0.25) is 0 Å². The van der Waals surface area contributed by atoms with Crippen LogP contribution in [0.25, 0.3) is 0 Å². The van der Waals surface area contributed by atoms with E-state index in [0.717, 1.165) is 17.9 Å². The van der Waals surface area contributed by atoms with E-state index in [9.17, 15) is 4.79 Å². The summed E-state index contributed by atoms with van der Waals surface area (Å²) in [6.07, 6.45) is 4.76. The van der Waals surface area contributed by atoms with Gasteiger partial charge in [-0.2, -0.15) is 0 Å². The average Bonchev–Trinajstić information content (AvgIpc) is 2.35. The van der Waals surface area contributed by atoms with Crippen LogP contribution in [0.4, 0.5) is 5.82 Å². The maximum atomic E-state index is 11.6. The first-order valence-electron chi connectivity index (χ1n) is 5.49. The third-order valence-corrected chi connectivity index (χ3v) is 2.37. The van der Waals surface area contributed by atoms with Crippen molar-refractivity contribution < 1.29 is 0 Å². The van der Waals surface area contributed by atoms with Crippen molar-refractivity contribution in [3.63, 3.8) is 0 Å². The van der Waals surface area contributed by atoms with Crippen LogP contribution in [0.5, 0.6) is 0 Å². The average molecular weight is 230 g/mol. The molecular formula is C12H14N4O. The van der Waals surface area contributed by atoms with Gasteiger partial charge in [-0.1, -0.05) is 6.07 Å². The van der Waals surface area contributed by atoms with Crippen molar-refractivity contribution in [3.8, 4) is 0 Å². The number of pyridine rings is 1. The van der Waals surface area contributed by atoms with E-state index in [2.05, 4.69) is 15.3 Å². The van der Waals surface area contributed by atoms with Gasteiger partial charge in [0.15, 0.2) is 0 Å². The fraction of sp³-hybridized carbons (Fsp3) is 0.250. The molecule has 5 heteroatoms.